The van der Waals surface area contributed by atoms with Gasteiger partial charge in [-0.15, -0.1) is 6.58 Å². The fourth-order valence-electron chi connectivity index (χ4n) is 1.48. The minimum absolute atomic E-state index is 0.0603. The second kappa shape index (κ2) is 3.61. The molecule has 4 nitrogen and oxygen atoms in total. The Kier molecular flexibility index (Phi) is 2.30. The van der Waals surface area contributed by atoms with Crippen LogP contribution in [0.2, 0.25) is 0 Å². The first-order chi connectivity index (χ1) is 6.86. The summed E-state index contributed by atoms with van der Waals surface area (Å²) in [6.07, 6.45) is 5.45. The van der Waals surface area contributed by atoms with Crippen molar-refractivity contribution in [2.75, 3.05) is 0 Å². The van der Waals surface area contributed by atoms with Gasteiger partial charge in [-0.3, -0.25) is 5.84 Å². The molecule has 0 bridgehead atoms. The van der Waals surface area contributed by atoms with E-state index in [4.69, 9.17) is 5.84 Å². The molecule has 1 atom stereocenters. The normalized spacial score (nSPS) is 12.9. The predicted molar refractivity (Wildman–Crippen MR) is 55.5 cm³/mol. The van der Waals surface area contributed by atoms with Crippen LogP contribution < -0.4 is 11.3 Å². The lowest BCUT2D eigenvalue weighted by Gasteiger charge is -2.08. The highest BCUT2D eigenvalue weighted by Gasteiger charge is 2.10. The second-order valence-corrected chi connectivity index (χ2v) is 3.01. The van der Waals surface area contributed by atoms with Gasteiger partial charge in [-0.1, -0.05) is 12.1 Å². The molecular formula is C10H12N4. The molecule has 0 aromatic carbocycles. The van der Waals surface area contributed by atoms with Gasteiger partial charge in [0.25, 0.3) is 0 Å². The number of nitrogens with two attached hydrogens (primary N) is 1. The zero-order chi connectivity index (χ0) is 9.97. The Labute approximate surface area is 82.0 Å². The lowest BCUT2D eigenvalue weighted by molar-refractivity contribution is 0.660. The van der Waals surface area contributed by atoms with E-state index in [0.717, 1.165) is 11.1 Å². The van der Waals surface area contributed by atoms with Crippen LogP contribution >= 0.6 is 0 Å². The molecule has 14 heavy (non-hydrogen) atoms. The highest BCUT2D eigenvalue weighted by atomic mass is 15.2. The molecule has 4 heteroatoms. The molecule has 0 fully saturated rings. The molecule has 3 N–H and O–H groups in total. The molecule has 2 rings (SSSR count). The molecule has 0 amide bonds. The number of hydrogen-bond acceptors (Lipinski definition) is 3. The van der Waals surface area contributed by atoms with Crippen molar-refractivity contribution in [1.29, 1.82) is 0 Å². The molecule has 0 saturated carbocycles. The highest BCUT2D eigenvalue weighted by Crippen LogP contribution is 2.18. The van der Waals surface area contributed by atoms with Crippen molar-refractivity contribution < 1.29 is 0 Å². The van der Waals surface area contributed by atoms with E-state index < -0.39 is 0 Å². The Bertz CT molecular complexity index is 446. The Hall–Kier alpha value is -1.65. The smallest absolute Gasteiger partial charge is 0.0713 e. The summed E-state index contributed by atoms with van der Waals surface area (Å²) in [6.45, 7) is 3.72. The van der Waals surface area contributed by atoms with Crippen molar-refractivity contribution in [3.63, 3.8) is 0 Å². The summed E-state index contributed by atoms with van der Waals surface area (Å²) in [4.78, 5) is 0. The number of nitrogens with one attached hydrogen (secondary N) is 1. The van der Waals surface area contributed by atoms with Gasteiger partial charge in [-0.05, 0) is 12.1 Å². The van der Waals surface area contributed by atoms with E-state index in [1.807, 2.05) is 28.9 Å². The topological polar surface area (TPSA) is 55.3 Å². The molecule has 0 spiro atoms. The summed E-state index contributed by atoms with van der Waals surface area (Å²) < 4.78 is 1.81. The third-order valence-electron chi connectivity index (χ3n) is 2.21. The van der Waals surface area contributed by atoms with Crippen LogP contribution in [0, 0.1) is 0 Å². The van der Waals surface area contributed by atoms with E-state index in [2.05, 4.69) is 17.1 Å². The molecule has 2 aromatic heterocycles. The first-order valence-corrected chi connectivity index (χ1v) is 4.37. The molecule has 0 aliphatic carbocycles. The minimum Gasteiger partial charge on any atom is -0.271 e. The zero-order valence-corrected chi connectivity index (χ0v) is 7.72. The maximum absolute atomic E-state index is 5.41. The Balaban J connectivity index is 2.57. The molecule has 0 radical (unpaired) electrons. The van der Waals surface area contributed by atoms with Gasteiger partial charge < -0.3 is 0 Å². The maximum Gasteiger partial charge on any atom is 0.0713 e. The number of pyridine rings is 1. The van der Waals surface area contributed by atoms with E-state index >= 15 is 0 Å². The van der Waals surface area contributed by atoms with Gasteiger partial charge in [-0.2, -0.15) is 5.10 Å². The molecule has 2 heterocycles. The Morgan fingerprint density at radius 1 is 1.57 bits per heavy atom. The van der Waals surface area contributed by atoms with Gasteiger partial charge in [-0.25, -0.2) is 9.94 Å². The van der Waals surface area contributed by atoms with Crippen LogP contribution in [-0.2, 0) is 0 Å². The lowest BCUT2D eigenvalue weighted by Crippen LogP contribution is -2.26. The molecule has 0 aliphatic heterocycles. The first-order valence-electron chi connectivity index (χ1n) is 4.37. The summed E-state index contributed by atoms with van der Waals surface area (Å²) in [7, 11) is 0. The van der Waals surface area contributed by atoms with Crippen LogP contribution in [0.3, 0.4) is 0 Å². The van der Waals surface area contributed by atoms with Crippen LogP contribution in [0.5, 0.6) is 0 Å². The number of hydrogen-bond donors (Lipinski definition) is 2. The largest absolute Gasteiger partial charge is 0.271 e. The number of nitrogens with zero attached hydrogens (tertiary/aromatic N) is 2. The van der Waals surface area contributed by atoms with Crippen LogP contribution in [0.4, 0.5) is 0 Å². The van der Waals surface area contributed by atoms with Gasteiger partial charge in [0, 0.05) is 11.8 Å². The molecule has 0 aliphatic rings. The third-order valence-corrected chi connectivity index (χ3v) is 2.21. The summed E-state index contributed by atoms with van der Waals surface area (Å²) in [5.74, 6) is 5.41. The average molecular weight is 188 g/mol. The van der Waals surface area contributed by atoms with Crippen molar-refractivity contribution >= 4 is 5.52 Å². The van der Waals surface area contributed by atoms with Gasteiger partial charge in [0.2, 0.25) is 0 Å². The first kappa shape index (κ1) is 8.93. The van der Waals surface area contributed by atoms with Crippen LogP contribution in [0.25, 0.3) is 5.52 Å². The monoisotopic (exact) mass is 188 g/mol. The van der Waals surface area contributed by atoms with Crippen molar-refractivity contribution in [1.82, 2.24) is 15.0 Å². The minimum atomic E-state index is -0.0603. The van der Waals surface area contributed by atoms with Gasteiger partial charge >= 0.3 is 0 Å². The standard InChI is InChI=1S/C10H12N4/c1-2-9(13-11)8-7-12-14-6-4-3-5-10(8)14/h2-7,9,13H,1,11H2. The lowest BCUT2D eigenvalue weighted by atomic mass is 10.1. The average Bonchev–Trinajstić information content (AvgIpc) is 2.65. The van der Waals surface area contributed by atoms with E-state index in [0.29, 0.717) is 0 Å². The number of hydrazine groups is 1. The molecular weight excluding hydrogens is 176 g/mol. The van der Waals surface area contributed by atoms with Crippen LogP contribution in [0.15, 0.2) is 43.2 Å². The van der Waals surface area contributed by atoms with Crippen LogP contribution in [0.1, 0.15) is 11.6 Å². The molecule has 0 saturated heterocycles. The zero-order valence-electron chi connectivity index (χ0n) is 7.72. The van der Waals surface area contributed by atoms with E-state index in [-0.39, 0.29) is 6.04 Å². The fourth-order valence-corrected chi connectivity index (χ4v) is 1.48. The highest BCUT2D eigenvalue weighted by molar-refractivity contribution is 5.55. The fraction of sp³-hybridized carbons (Fsp3) is 0.100. The second-order valence-electron chi connectivity index (χ2n) is 3.01. The summed E-state index contributed by atoms with van der Waals surface area (Å²) in [5.41, 5.74) is 4.74. The van der Waals surface area contributed by atoms with Crippen molar-refractivity contribution in [3.8, 4) is 0 Å². The summed E-state index contributed by atoms with van der Waals surface area (Å²) in [5, 5.41) is 4.21. The quantitative estimate of drug-likeness (QED) is 0.429. The summed E-state index contributed by atoms with van der Waals surface area (Å²) >= 11 is 0. The van der Waals surface area contributed by atoms with E-state index in [1.165, 1.54) is 0 Å². The number of rotatable bonds is 3. The van der Waals surface area contributed by atoms with E-state index in [9.17, 15) is 0 Å². The van der Waals surface area contributed by atoms with Gasteiger partial charge in [0.1, 0.15) is 0 Å². The predicted octanol–water partition coefficient (Wildman–Crippen LogP) is 1.02. The van der Waals surface area contributed by atoms with Crippen LogP contribution in [-0.4, -0.2) is 9.61 Å². The molecule has 2 aromatic rings. The number of aromatic nitrogens is 2. The van der Waals surface area contributed by atoms with Gasteiger partial charge in [0.15, 0.2) is 0 Å². The SMILES string of the molecule is C=CC(NN)c1cnn2ccccc12. The van der Waals surface area contributed by atoms with Crippen molar-refractivity contribution in [2.45, 2.75) is 6.04 Å². The Morgan fingerprint density at radius 3 is 3.14 bits per heavy atom. The van der Waals surface area contributed by atoms with Crippen molar-refractivity contribution in [2.24, 2.45) is 5.84 Å². The van der Waals surface area contributed by atoms with E-state index in [1.54, 1.807) is 12.3 Å². The van der Waals surface area contributed by atoms with Crippen molar-refractivity contribution in [3.05, 3.63) is 48.8 Å². The number of fused-ring (bicyclic) bond motifs is 1. The Morgan fingerprint density at radius 2 is 2.43 bits per heavy atom. The van der Waals surface area contributed by atoms with Gasteiger partial charge in [0.05, 0.1) is 17.8 Å². The molecule has 1 unspecified atom stereocenters. The third kappa shape index (κ3) is 1.30. The maximum atomic E-state index is 5.41. The summed E-state index contributed by atoms with van der Waals surface area (Å²) in [6, 6.07) is 5.84. The molecule has 72 valence electrons.